The third kappa shape index (κ3) is 3.12. The van der Waals surface area contributed by atoms with E-state index in [1.54, 1.807) is 0 Å². The van der Waals surface area contributed by atoms with Gasteiger partial charge in [-0.05, 0) is 59.2 Å². The maximum Gasteiger partial charge on any atom is 0.348 e. The Morgan fingerprint density at radius 2 is 1.71 bits per heavy atom. The molecular weight excluding hydrogens is 383 g/mol. The van der Waals surface area contributed by atoms with Crippen molar-refractivity contribution in [2.75, 3.05) is 0 Å². The minimum Gasteiger partial charge on any atom is -0.419 e. The van der Waals surface area contributed by atoms with E-state index >= 15 is 0 Å². The first-order valence-electron chi connectivity index (χ1n) is 7.02. The van der Waals surface area contributed by atoms with Crippen LogP contribution >= 0.6 is 22.6 Å². The summed E-state index contributed by atoms with van der Waals surface area (Å²) in [5, 5.41) is 0. The van der Waals surface area contributed by atoms with Gasteiger partial charge in [-0.25, -0.2) is 9.59 Å². The number of benzene rings is 1. The van der Waals surface area contributed by atoms with Crippen molar-refractivity contribution < 1.29 is 19.1 Å². The molecule has 0 unspecified atom stereocenters. The van der Waals surface area contributed by atoms with Crippen LogP contribution in [0.4, 0.5) is 0 Å². The van der Waals surface area contributed by atoms with Crippen molar-refractivity contribution in [3.05, 3.63) is 39.0 Å². The van der Waals surface area contributed by atoms with Gasteiger partial charge >= 0.3 is 11.9 Å². The molecule has 0 bridgehead atoms. The van der Waals surface area contributed by atoms with Gasteiger partial charge in [-0.1, -0.05) is 18.6 Å². The van der Waals surface area contributed by atoms with Crippen LogP contribution in [0, 0.1) is 3.57 Å². The lowest BCUT2D eigenvalue weighted by atomic mass is 9.93. The first-order valence-corrected chi connectivity index (χ1v) is 8.10. The van der Waals surface area contributed by atoms with E-state index in [4.69, 9.17) is 9.47 Å². The second-order valence-corrected chi connectivity index (χ2v) is 6.61. The summed E-state index contributed by atoms with van der Waals surface area (Å²) in [5.41, 5.74) is 0.749. The molecule has 0 aromatic heterocycles. The first-order chi connectivity index (χ1) is 10.1. The molecule has 1 spiro atoms. The Hall–Kier alpha value is -1.37. The van der Waals surface area contributed by atoms with E-state index in [0.29, 0.717) is 12.8 Å². The fourth-order valence-corrected chi connectivity index (χ4v) is 3.29. The average Bonchev–Trinajstić information content (AvgIpc) is 2.44. The smallest absolute Gasteiger partial charge is 0.348 e. The Morgan fingerprint density at radius 3 is 2.33 bits per heavy atom. The number of esters is 2. The zero-order valence-corrected chi connectivity index (χ0v) is 13.6. The largest absolute Gasteiger partial charge is 0.419 e. The van der Waals surface area contributed by atoms with Gasteiger partial charge in [0.1, 0.15) is 5.57 Å². The maximum absolute atomic E-state index is 12.2. The lowest BCUT2D eigenvalue weighted by Crippen LogP contribution is -2.47. The topological polar surface area (TPSA) is 52.6 Å². The molecular formula is C16H15IO4. The monoisotopic (exact) mass is 398 g/mol. The molecule has 1 aliphatic carbocycles. The molecule has 5 heteroatoms. The summed E-state index contributed by atoms with van der Waals surface area (Å²) in [7, 11) is 0. The van der Waals surface area contributed by atoms with Gasteiger partial charge in [-0.2, -0.15) is 0 Å². The Kier molecular flexibility index (Phi) is 4.01. The molecule has 2 fully saturated rings. The summed E-state index contributed by atoms with van der Waals surface area (Å²) in [4.78, 5) is 24.3. The van der Waals surface area contributed by atoms with Crippen LogP contribution in [-0.2, 0) is 19.1 Å². The van der Waals surface area contributed by atoms with Gasteiger partial charge in [0.2, 0.25) is 0 Å². The van der Waals surface area contributed by atoms with Gasteiger partial charge in [0, 0.05) is 16.4 Å². The van der Waals surface area contributed by atoms with E-state index in [1.165, 1.54) is 6.08 Å². The second kappa shape index (κ2) is 5.79. The van der Waals surface area contributed by atoms with Crippen LogP contribution < -0.4 is 0 Å². The van der Waals surface area contributed by atoms with E-state index in [-0.39, 0.29) is 5.57 Å². The van der Waals surface area contributed by atoms with Gasteiger partial charge in [0.25, 0.3) is 5.79 Å². The molecule has 0 atom stereocenters. The Bertz CT molecular complexity index is 592. The van der Waals surface area contributed by atoms with E-state index in [1.807, 2.05) is 24.3 Å². The molecule has 1 aromatic rings. The molecule has 1 heterocycles. The van der Waals surface area contributed by atoms with Crippen molar-refractivity contribution in [1.29, 1.82) is 0 Å². The van der Waals surface area contributed by atoms with Crippen molar-refractivity contribution in [3.8, 4) is 0 Å². The van der Waals surface area contributed by atoms with Gasteiger partial charge in [-0.3, -0.25) is 0 Å². The molecule has 1 saturated carbocycles. The first kappa shape index (κ1) is 14.6. The average molecular weight is 398 g/mol. The zero-order chi connectivity index (χ0) is 14.9. The van der Waals surface area contributed by atoms with Crippen LogP contribution in [-0.4, -0.2) is 17.7 Å². The predicted molar refractivity (Wildman–Crippen MR) is 85.1 cm³/mol. The van der Waals surface area contributed by atoms with Crippen molar-refractivity contribution in [2.45, 2.75) is 37.9 Å². The maximum atomic E-state index is 12.2. The molecule has 1 aromatic carbocycles. The number of rotatable bonds is 1. The predicted octanol–water partition coefficient (Wildman–Crippen LogP) is 3.44. The van der Waals surface area contributed by atoms with Crippen LogP contribution in [0.25, 0.3) is 6.08 Å². The number of carbonyl (C=O) groups excluding carboxylic acids is 2. The summed E-state index contributed by atoms with van der Waals surface area (Å²) >= 11 is 2.18. The second-order valence-electron chi connectivity index (χ2n) is 5.36. The standard InChI is InChI=1S/C16H15IO4/c17-12-6-4-5-11(9-12)10-13-14(18)20-16(21-15(13)19)7-2-1-3-8-16/h4-6,9-10H,1-3,7-8H2. The molecule has 1 saturated heterocycles. The van der Waals surface area contributed by atoms with Gasteiger partial charge in [0.15, 0.2) is 0 Å². The SMILES string of the molecule is O=C1OC2(CCCCC2)OC(=O)C1=Cc1cccc(I)c1. The van der Waals surface area contributed by atoms with Crippen molar-refractivity contribution >= 4 is 40.6 Å². The van der Waals surface area contributed by atoms with E-state index in [0.717, 1.165) is 28.4 Å². The minimum atomic E-state index is -1.02. The summed E-state index contributed by atoms with van der Waals surface area (Å²) < 4.78 is 11.9. The van der Waals surface area contributed by atoms with Crippen LogP contribution in [0.5, 0.6) is 0 Å². The van der Waals surface area contributed by atoms with Crippen LogP contribution in [0.15, 0.2) is 29.8 Å². The van der Waals surface area contributed by atoms with E-state index < -0.39 is 17.7 Å². The third-order valence-corrected chi connectivity index (χ3v) is 4.44. The number of hydrogen-bond acceptors (Lipinski definition) is 4. The van der Waals surface area contributed by atoms with E-state index in [9.17, 15) is 9.59 Å². The Balaban J connectivity index is 1.85. The Morgan fingerprint density at radius 1 is 1.05 bits per heavy atom. The summed E-state index contributed by atoms with van der Waals surface area (Å²) in [6, 6.07) is 7.53. The molecule has 110 valence electrons. The summed E-state index contributed by atoms with van der Waals surface area (Å²) in [5.74, 6) is -2.17. The van der Waals surface area contributed by atoms with Crippen molar-refractivity contribution in [2.24, 2.45) is 0 Å². The fraction of sp³-hybridized carbons (Fsp3) is 0.375. The normalized spacial score (nSPS) is 20.9. The number of halogens is 1. The third-order valence-electron chi connectivity index (χ3n) is 3.77. The zero-order valence-electron chi connectivity index (χ0n) is 11.4. The van der Waals surface area contributed by atoms with Gasteiger partial charge < -0.3 is 9.47 Å². The van der Waals surface area contributed by atoms with Crippen molar-refractivity contribution in [1.82, 2.24) is 0 Å². The lowest BCUT2D eigenvalue weighted by Gasteiger charge is -2.38. The fourth-order valence-electron chi connectivity index (χ4n) is 2.73. The molecule has 0 radical (unpaired) electrons. The number of hydrogen-bond donors (Lipinski definition) is 0. The molecule has 1 aliphatic heterocycles. The van der Waals surface area contributed by atoms with Gasteiger partial charge in [-0.15, -0.1) is 0 Å². The highest BCUT2D eigenvalue weighted by atomic mass is 127. The molecule has 2 aliphatic rings. The summed E-state index contributed by atoms with van der Waals surface area (Å²) in [6.45, 7) is 0. The molecule has 3 rings (SSSR count). The molecule has 0 amide bonds. The van der Waals surface area contributed by atoms with Crippen LogP contribution in [0.1, 0.15) is 37.7 Å². The summed E-state index contributed by atoms with van der Waals surface area (Å²) in [6.07, 6.45) is 5.64. The highest BCUT2D eigenvalue weighted by molar-refractivity contribution is 14.1. The highest BCUT2D eigenvalue weighted by Crippen LogP contribution is 2.37. The number of ether oxygens (including phenoxy) is 2. The van der Waals surface area contributed by atoms with Crippen LogP contribution in [0.2, 0.25) is 0 Å². The van der Waals surface area contributed by atoms with Crippen molar-refractivity contribution in [3.63, 3.8) is 0 Å². The van der Waals surface area contributed by atoms with Gasteiger partial charge in [0.05, 0.1) is 0 Å². The number of carbonyl (C=O) groups is 2. The Labute approximate surface area is 136 Å². The van der Waals surface area contributed by atoms with E-state index in [2.05, 4.69) is 22.6 Å². The minimum absolute atomic E-state index is 0.0341. The van der Waals surface area contributed by atoms with Crippen LogP contribution in [0.3, 0.4) is 0 Å². The molecule has 0 N–H and O–H groups in total. The highest BCUT2D eigenvalue weighted by Gasteiger charge is 2.46. The molecule has 21 heavy (non-hydrogen) atoms. The quantitative estimate of drug-likeness (QED) is 0.315. The lowest BCUT2D eigenvalue weighted by molar-refractivity contribution is -0.244. The molecule has 4 nitrogen and oxygen atoms in total.